The summed E-state index contributed by atoms with van der Waals surface area (Å²) in [5.74, 6) is 0. The van der Waals surface area contributed by atoms with Crippen molar-refractivity contribution in [1.29, 1.82) is 0 Å². The third-order valence-electron chi connectivity index (χ3n) is 2.05. The maximum Gasteiger partial charge on any atom is 0.293 e. The molecule has 4 N–H and O–H groups in total. The van der Waals surface area contributed by atoms with E-state index in [9.17, 15) is 9.90 Å². The van der Waals surface area contributed by atoms with Crippen LogP contribution in [0.5, 0.6) is 0 Å². The summed E-state index contributed by atoms with van der Waals surface area (Å²) in [6.45, 7) is -0.469. The van der Waals surface area contributed by atoms with E-state index in [1.807, 2.05) is 0 Å². The van der Waals surface area contributed by atoms with Crippen molar-refractivity contribution in [1.82, 2.24) is 0 Å². The Balaban J connectivity index is 2.72. The molecule has 0 spiro atoms. The molecule has 5 atom stereocenters. The molecule has 1 fully saturated rings. The number of carbonyl (C=O) groups is 1. The monoisotopic (exact) mass is 208 g/mol. The van der Waals surface area contributed by atoms with Crippen molar-refractivity contribution in [3.8, 4) is 0 Å². The molecular formula is C7H12O7. The number of rotatable bonds is 3. The second-order valence-corrected chi connectivity index (χ2v) is 2.93. The Morgan fingerprint density at radius 3 is 2.43 bits per heavy atom. The molecule has 0 aromatic rings. The fraction of sp³-hybridized carbons (Fsp3) is 0.857. The van der Waals surface area contributed by atoms with Gasteiger partial charge in [0.25, 0.3) is 6.47 Å². The molecule has 1 unspecified atom stereocenters. The van der Waals surface area contributed by atoms with Crippen LogP contribution in [0, 0.1) is 0 Å². The normalized spacial score (nSPS) is 43.3. The summed E-state index contributed by atoms with van der Waals surface area (Å²) in [5.41, 5.74) is 0. The lowest BCUT2D eigenvalue weighted by Crippen LogP contribution is -2.59. The highest BCUT2D eigenvalue weighted by molar-refractivity contribution is 5.38. The summed E-state index contributed by atoms with van der Waals surface area (Å²) in [4.78, 5) is 10.1. The van der Waals surface area contributed by atoms with Gasteiger partial charge >= 0.3 is 0 Å². The lowest BCUT2D eigenvalue weighted by molar-refractivity contribution is -0.287. The zero-order valence-electron chi connectivity index (χ0n) is 7.18. The average molecular weight is 208 g/mol. The van der Waals surface area contributed by atoms with Gasteiger partial charge in [-0.05, 0) is 0 Å². The highest BCUT2D eigenvalue weighted by Crippen LogP contribution is 2.21. The molecule has 1 rings (SSSR count). The average Bonchev–Trinajstić information content (AvgIpc) is 2.19. The first-order chi connectivity index (χ1) is 6.61. The maximum absolute atomic E-state index is 10.1. The Morgan fingerprint density at radius 2 is 1.93 bits per heavy atom. The topological polar surface area (TPSA) is 116 Å². The van der Waals surface area contributed by atoms with Gasteiger partial charge in [-0.2, -0.15) is 0 Å². The van der Waals surface area contributed by atoms with Gasteiger partial charge in [0, 0.05) is 0 Å². The Morgan fingerprint density at radius 1 is 1.29 bits per heavy atom. The van der Waals surface area contributed by atoms with E-state index in [0.717, 1.165) is 0 Å². The molecule has 82 valence electrons. The van der Waals surface area contributed by atoms with Gasteiger partial charge in [-0.3, -0.25) is 4.79 Å². The van der Waals surface area contributed by atoms with Crippen molar-refractivity contribution in [2.75, 3.05) is 6.61 Å². The first-order valence-electron chi connectivity index (χ1n) is 4.01. The third kappa shape index (κ3) is 2.02. The fourth-order valence-corrected chi connectivity index (χ4v) is 1.30. The predicted molar refractivity (Wildman–Crippen MR) is 40.9 cm³/mol. The number of hydrogen-bond donors (Lipinski definition) is 4. The van der Waals surface area contributed by atoms with Crippen molar-refractivity contribution in [3.63, 3.8) is 0 Å². The Labute approximate surface area is 79.5 Å². The van der Waals surface area contributed by atoms with Crippen molar-refractivity contribution >= 4 is 6.47 Å². The molecule has 1 aliphatic heterocycles. The van der Waals surface area contributed by atoms with Crippen molar-refractivity contribution in [2.45, 2.75) is 30.7 Å². The molecule has 1 aliphatic rings. The summed E-state index contributed by atoms with van der Waals surface area (Å²) in [6.07, 6.45) is -6.89. The Bertz CT molecular complexity index is 194. The van der Waals surface area contributed by atoms with Crippen LogP contribution in [0.25, 0.3) is 0 Å². The minimum Gasteiger partial charge on any atom is -0.459 e. The SMILES string of the molecule is O=CO[C@@H]1[C@H](O)[C@@H](O)C(O)O[C@@H]1CO. The highest BCUT2D eigenvalue weighted by atomic mass is 16.7. The van der Waals surface area contributed by atoms with E-state index in [1.165, 1.54) is 0 Å². The minimum atomic E-state index is -1.60. The molecule has 0 bridgehead atoms. The van der Waals surface area contributed by atoms with Crippen LogP contribution in [0.3, 0.4) is 0 Å². The summed E-state index contributed by atoms with van der Waals surface area (Å²) in [6, 6.07) is 0. The molecule has 14 heavy (non-hydrogen) atoms. The fourth-order valence-electron chi connectivity index (χ4n) is 1.30. The number of hydrogen-bond acceptors (Lipinski definition) is 7. The van der Waals surface area contributed by atoms with Crippen molar-refractivity contribution in [2.24, 2.45) is 0 Å². The summed E-state index contributed by atoms with van der Waals surface area (Å²) in [7, 11) is 0. The van der Waals surface area contributed by atoms with Crippen LogP contribution in [0.4, 0.5) is 0 Å². The molecule has 1 heterocycles. The lowest BCUT2D eigenvalue weighted by atomic mass is 9.99. The molecule has 0 amide bonds. The van der Waals surface area contributed by atoms with Crippen LogP contribution in [-0.4, -0.2) is 64.2 Å². The first-order valence-corrected chi connectivity index (χ1v) is 4.01. The second kappa shape index (κ2) is 4.67. The van der Waals surface area contributed by atoms with Crippen molar-refractivity contribution < 1.29 is 34.7 Å². The quantitative estimate of drug-likeness (QED) is 0.364. The minimum absolute atomic E-state index is 0.0737. The van der Waals surface area contributed by atoms with E-state index in [2.05, 4.69) is 4.74 Å². The summed E-state index contributed by atoms with van der Waals surface area (Å²) < 4.78 is 9.13. The van der Waals surface area contributed by atoms with Gasteiger partial charge in [-0.1, -0.05) is 0 Å². The molecule has 0 aromatic heterocycles. The molecule has 7 heteroatoms. The molecule has 0 aliphatic carbocycles. The zero-order valence-corrected chi connectivity index (χ0v) is 7.18. The van der Waals surface area contributed by atoms with Crippen LogP contribution < -0.4 is 0 Å². The molecule has 0 aromatic carbocycles. The van der Waals surface area contributed by atoms with E-state index in [4.69, 9.17) is 20.1 Å². The van der Waals surface area contributed by atoms with Gasteiger partial charge in [-0.25, -0.2) is 0 Å². The van der Waals surface area contributed by atoms with E-state index < -0.39 is 37.3 Å². The van der Waals surface area contributed by atoms with E-state index in [-0.39, 0.29) is 6.47 Å². The summed E-state index contributed by atoms with van der Waals surface area (Å²) >= 11 is 0. The number of aliphatic hydroxyl groups excluding tert-OH is 4. The van der Waals surface area contributed by atoms with Gasteiger partial charge in [0.15, 0.2) is 12.4 Å². The molecular weight excluding hydrogens is 196 g/mol. The number of aliphatic hydroxyl groups is 4. The van der Waals surface area contributed by atoms with E-state index in [0.29, 0.717) is 0 Å². The van der Waals surface area contributed by atoms with Gasteiger partial charge in [0.2, 0.25) is 0 Å². The smallest absolute Gasteiger partial charge is 0.293 e. The molecule has 0 saturated carbocycles. The largest absolute Gasteiger partial charge is 0.459 e. The Kier molecular flexibility index (Phi) is 3.78. The maximum atomic E-state index is 10.1. The standard InChI is InChI=1S/C7H12O7/c8-1-3-6(13-2-9)4(10)5(11)7(12)14-3/h2-8,10-12H,1H2/t3-,4-,5-,6+,7?/m1/s1. The van der Waals surface area contributed by atoms with Gasteiger partial charge in [0.05, 0.1) is 6.61 Å². The lowest BCUT2D eigenvalue weighted by Gasteiger charge is -2.38. The van der Waals surface area contributed by atoms with Gasteiger partial charge in [0.1, 0.15) is 18.3 Å². The first kappa shape index (κ1) is 11.3. The molecule has 0 radical (unpaired) electrons. The molecule has 1 saturated heterocycles. The number of ether oxygens (including phenoxy) is 2. The van der Waals surface area contributed by atoms with Gasteiger partial charge < -0.3 is 29.9 Å². The third-order valence-corrected chi connectivity index (χ3v) is 2.05. The van der Waals surface area contributed by atoms with Crippen molar-refractivity contribution in [3.05, 3.63) is 0 Å². The van der Waals surface area contributed by atoms with Crippen LogP contribution >= 0.6 is 0 Å². The van der Waals surface area contributed by atoms with Crippen LogP contribution in [0.2, 0.25) is 0 Å². The summed E-state index contributed by atoms with van der Waals surface area (Å²) in [5, 5.41) is 36.3. The second-order valence-electron chi connectivity index (χ2n) is 2.93. The van der Waals surface area contributed by atoms with Crippen LogP contribution in [0.1, 0.15) is 0 Å². The number of carbonyl (C=O) groups excluding carboxylic acids is 1. The predicted octanol–water partition coefficient (Wildman–Crippen LogP) is -3.04. The van der Waals surface area contributed by atoms with Gasteiger partial charge in [-0.15, -0.1) is 0 Å². The van der Waals surface area contributed by atoms with Crippen LogP contribution in [0.15, 0.2) is 0 Å². The Hall–Kier alpha value is -0.730. The highest BCUT2D eigenvalue weighted by Gasteiger charge is 2.44. The zero-order chi connectivity index (χ0) is 10.7. The molecule has 7 nitrogen and oxygen atoms in total. The van der Waals surface area contributed by atoms with Crippen LogP contribution in [-0.2, 0) is 14.3 Å². The van der Waals surface area contributed by atoms with E-state index in [1.54, 1.807) is 0 Å². The van der Waals surface area contributed by atoms with E-state index >= 15 is 0 Å².